The highest BCUT2D eigenvalue weighted by molar-refractivity contribution is 9.10. The summed E-state index contributed by atoms with van der Waals surface area (Å²) in [4.78, 5) is 23.6. The van der Waals surface area contributed by atoms with Gasteiger partial charge in [0.25, 0.3) is 5.91 Å². The van der Waals surface area contributed by atoms with E-state index in [0.717, 1.165) is 4.47 Å². The third kappa shape index (κ3) is 6.57. The lowest BCUT2D eigenvalue weighted by molar-refractivity contribution is -0.143. The second-order valence-electron chi connectivity index (χ2n) is 4.83. The Bertz CT molecular complexity index is 753. The molecule has 0 aliphatic heterocycles. The highest BCUT2D eigenvalue weighted by Gasteiger charge is 2.12. The van der Waals surface area contributed by atoms with E-state index in [4.69, 9.17) is 32.7 Å². The number of hydrogen-bond donors (Lipinski definition) is 1. The van der Waals surface area contributed by atoms with E-state index in [1.165, 1.54) is 12.1 Å². The number of hydrogen-bond acceptors (Lipinski definition) is 4. The van der Waals surface area contributed by atoms with Gasteiger partial charge < -0.3 is 14.8 Å². The molecular formula is C17H14BrCl2NO4. The maximum atomic E-state index is 11.9. The Kier molecular flexibility index (Phi) is 7.55. The molecule has 0 atom stereocenters. The molecule has 0 fully saturated rings. The first kappa shape index (κ1) is 19.6. The van der Waals surface area contributed by atoms with Gasteiger partial charge in [-0.15, -0.1) is 0 Å². The molecule has 1 N–H and O–H groups in total. The van der Waals surface area contributed by atoms with Crippen molar-refractivity contribution < 1.29 is 19.1 Å². The first-order valence-electron chi connectivity index (χ1n) is 7.23. The minimum atomic E-state index is -0.571. The summed E-state index contributed by atoms with van der Waals surface area (Å²) < 4.78 is 11.3. The van der Waals surface area contributed by atoms with E-state index in [-0.39, 0.29) is 30.3 Å². The van der Waals surface area contributed by atoms with E-state index in [0.29, 0.717) is 10.8 Å². The molecule has 2 aromatic rings. The summed E-state index contributed by atoms with van der Waals surface area (Å²) >= 11 is 15.0. The average molecular weight is 447 g/mol. The molecule has 0 saturated heterocycles. The average Bonchev–Trinajstić information content (AvgIpc) is 2.58. The van der Waals surface area contributed by atoms with Gasteiger partial charge in [-0.05, 0) is 42.5 Å². The van der Waals surface area contributed by atoms with Crippen LogP contribution in [0.4, 0.5) is 0 Å². The van der Waals surface area contributed by atoms with Crippen molar-refractivity contribution in [2.45, 2.75) is 0 Å². The number of halogens is 3. The van der Waals surface area contributed by atoms with Crippen LogP contribution in [0.15, 0.2) is 46.9 Å². The van der Waals surface area contributed by atoms with Crippen LogP contribution in [-0.4, -0.2) is 31.6 Å². The van der Waals surface area contributed by atoms with Crippen molar-refractivity contribution >= 4 is 51.0 Å². The monoisotopic (exact) mass is 445 g/mol. The smallest absolute Gasteiger partial charge is 0.325 e. The van der Waals surface area contributed by atoms with Crippen molar-refractivity contribution in [1.29, 1.82) is 0 Å². The lowest BCUT2D eigenvalue weighted by atomic mass is 10.2. The van der Waals surface area contributed by atoms with Crippen LogP contribution < -0.4 is 10.1 Å². The van der Waals surface area contributed by atoms with Gasteiger partial charge >= 0.3 is 5.97 Å². The van der Waals surface area contributed by atoms with Crippen LogP contribution in [0.25, 0.3) is 0 Å². The van der Waals surface area contributed by atoms with Crippen molar-refractivity contribution in [3.63, 3.8) is 0 Å². The zero-order chi connectivity index (χ0) is 18.2. The predicted octanol–water partition coefficient (Wildman–Crippen LogP) is 4.11. The van der Waals surface area contributed by atoms with Crippen LogP contribution in [0.2, 0.25) is 10.0 Å². The third-order valence-electron chi connectivity index (χ3n) is 3.00. The van der Waals surface area contributed by atoms with Crippen molar-refractivity contribution in [2.75, 3.05) is 19.8 Å². The van der Waals surface area contributed by atoms with E-state index in [1.54, 1.807) is 18.2 Å². The Morgan fingerprint density at radius 3 is 2.44 bits per heavy atom. The number of rotatable bonds is 7. The SMILES string of the molecule is O=C(CNC(=O)c1ccc(Cl)cc1Cl)OCCOc1ccc(Br)cc1. The molecule has 0 heterocycles. The summed E-state index contributed by atoms with van der Waals surface area (Å²) in [6, 6.07) is 11.8. The fourth-order valence-electron chi connectivity index (χ4n) is 1.82. The minimum Gasteiger partial charge on any atom is -0.490 e. The number of benzene rings is 2. The van der Waals surface area contributed by atoms with Gasteiger partial charge in [-0.2, -0.15) is 0 Å². The first-order chi connectivity index (χ1) is 12.0. The Morgan fingerprint density at radius 1 is 1.04 bits per heavy atom. The van der Waals surface area contributed by atoms with E-state index in [1.807, 2.05) is 12.1 Å². The van der Waals surface area contributed by atoms with Gasteiger partial charge in [-0.25, -0.2) is 0 Å². The molecule has 2 aromatic carbocycles. The molecule has 132 valence electrons. The highest BCUT2D eigenvalue weighted by atomic mass is 79.9. The largest absolute Gasteiger partial charge is 0.490 e. The highest BCUT2D eigenvalue weighted by Crippen LogP contribution is 2.20. The van der Waals surface area contributed by atoms with E-state index in [9.17, 15) is 9.59 Å². The van der Waals surface area contributed by atoms with E-state index < -0.39 is 11.9 Å². The molecule has 25 heavy (non-hydrogen) atoms. The number of carbonyl (C=O) groups is 2. The molecular weight excluding hydrogens is 433 g/mol. The number of nitrogens with one attached hydrogen (secondary N) is 1. The molecule has 1 amide bonds. The second-order valence-corrected chi connectivity index (χ2v) is 6.59. The fourth-order valence-corrected chi connectivity index (χ4v) is 2.58. The minimum absolute atomic E-state index is 0.0759. The van der Waals surface area contributed by atoms with Crippen LogP contribution in [0.5, 0.6) is 5.75 Å². The van der Waals surface area contributed by atoms with Crippen LogP contribution in [-0.2, 0) is 9.53 Å². The molecule has 0 aliphatic rings. The predicted molar refractivity (Wildman–Crippen MR) is 99.4 cm³/mol. The summed E-state index contributed by atoms with van der Waals surface area (Å²) in [6.07, 6.45) is 0. The molecule has 0 aromatic heterocycles. The summed E-state index contributed by atoms with van der Waals surface area (Å²) in [5.74, 6) is -0.382. The lowest BCUT2D eigenvalue weighted by Gasteiger charge is -2.09. The van der Waals surface area contributed by atoms with E-state index >= 15 is 0 Å². The van der Waals surface area contributed by atoms with Gasteiger partial charge in [0.2, 0.25) is 0 Å². The molecule has 0 bridgehead atoms. The number of ether oxygens (including phenoxy) is 2. The molecule has 0 saturated carbocycles. The van der Waals surface area contributed by atoms with Crippen molar-refractivity contribution in [3.8, 4) is 5.75 Å². The van der Waals surface area contributed by atoms with Crippen molar-refractivity contribution in [3.05, 3.63) is 62.5 Å². The Labute approximate surface area is 163 Å². The topological polar surface area (TPSA) is 64.6 Å². The summed E-state index contributed by atoms with van der Waals surface area (Å²) in [6.45, 7) is 0.0207. The number of carbonyl (C=O) groups excluding carboxylic acids is 2. The van der Waals surface area contributed by atoms with Gasteiger partial charge in [-0.3, -0.25) is 9.59 Å². The molecule has 0 spiro atoms. The molecule has 5 nitrogen and oxygen atoms in total. The molecule has 0 unspecified atom stereocenters. The van der Waals surface area contributed by atoms with Crippen LogP contribution >= 0.6 is 39.1 Å². The molecule has 8 heteroatoms. The normalized spacial score (nSPS) is 10.2. The van der Waals surface area contributed by atoms with Gasteiger partial charge in [0.1, 0.15) is 25.5 Å². The van der Waals surface area contributed by atoms with Crippen LogP contribution in [0.3, 0.4) is 0 Å². The maximum absolute atomic E-state index is 11.9. The third-order valence-corrected chi connectivity index (χ3v) is 4.07. The standard InChI is InChI=1S/C17H14BrCl2NO4/c18-11-1-4-13(5-2-11)24-7-8-25-16(22)10-21-17(23)14-6-3-12(19)9-15(14)20/h1-6,9H,7-8,10H2,(H,21,23). The van der Waals surface area contributed by atoms with E-state index in [2.05, 4.69) is 21.2 Å². The zero-order valence-electron chi connectivity index (χ0n) is 12.9. The second kappa shape index (κ2) is 9.65. The summed E-state index contributed by atoms with van der Waals surface area (Å²) in [5, 5.41) is 3.07. The zero-order valence-corrected chi connectivity index (χ0v) is 16.0. The number of amides is 1. The maximum Gasteiger partial charge on any atom is 0.325 e. The van der Waals surface area contributed by atoms with Gasteiger partial charge in [-0.1, -0.05) is 39.1 Å². The van der Waals surface area contributed by atoms with Gasteiger partial charge in [0.15, 0.2) is 0 Å². The fraction of sp³-hybridized carbons (Fsp3) is 0.176. The summed E-state index contributed by atoms with van der Waals surface area (Å²) in [5.41, 5.74) is 0.234. The van der Waals surface area contributed by atoms with Crippen LogP contribution in [0.1, 0.15) is 10.4 Å². The van der Waals surface area contributed by atoms with Gasteiger partial charge in [0, 0.05) is 9.50 Å². The Morgan fingerprint density at radius 2 is 1.76 bits per heavy atom. The quantitative estimate of drug-likeness (QED) is 0.513. The lowest BCUT2D eigenvalue weighted by Crippen LogP contribution is -2.31. The molecule has 0 radical (unpaired) electrons. The molecule has 0 aliphatic carbocycles. The first-order valence-corrected chi connectivity index (χ1v) is 8.78. The molecule has 2 rings (SSSR count). The van der Waals surface area contributed by atoms with Crippen LogP contribution in [0, 0.1) is 0 Å². The van der Waals surface area contributed by atoms with Crippen molar-refractivity contribution in [2.24, 2.45) is 0 Å². The Hall–Kier alpha value is -1.76. The Balaban J connectivity index is 1.68. The number of esters is 1. The van der Waals surface area contributed by atoms with Gasteiger partial charge in [0.05, 0.1) is 10.6 Å². The summed E-state index contributed by atoms with van der Waals surface area (Å²) in [7, 11) is 0. The van der Waals surface area contributed by atoms with Crippen molar-refractivity contribution in [1.82, 2.24) is 5.32 Å².